The number of hydrogen-bond donors (Lipinski definition) is 4. The van der Waals surface area contributed by atoms with Gasteiger partial charge in [0.05, 0.1) is 22.2 Å². The van der Waals surface area contributed by atoms with Crippen molar-refractivity contribution in [1.82, 2.24) is 19.9 Å². The van der Waals surface area contributed by atoms with Gasteiger partial charge in [-0.1, -0.05) is 23.7 Å². The summed E-state index contributed by atoms with van der Waals surface area (Å²) >= 11 is 6.19. The Labute approximate surface area is 236 Å². The number of aromatic amines is 1. The Morgan fingerprint density at radius 2 is 1.98 bits per heavy atom. The maximum absolute atomic E-state index is 15.0. The Hall–Kier alpha value is -3.60. The average Bonchev–Trinajstić information content (AvgIpc) is 3.34. The van der Waals surface area contributed by atoms with Crippen molar-refractivity contribution in [3.63, 3.8) is 0 Å². The lowest BCUT2D eigenvalue weighted by molar-refractivity contribution is 0.407. The van der Waals surface area contributed by atoms with Crippen molar-refractivity contribution < 1.29 is 8.78 Å². The van der Waals surface area contributed by atoms with Crippen LogP contribution in [0.5, 0.6) is 0 Å². The molecule has 0 radical (unpaired) electrons. The molecule has 1 atom stereocenters. The number of hydrogen-bond acceptors (Lipinski definition) is 5. The fraction of sp³-hybridized carbons (Fsp3) is 0.345. The molecule has 0 spiro atoms. The second-order valence-electron chi connectivity index (χ2n) is 9.85. The van der Waals surface area contributed by atoms with E-state index in [2.05, 4.69) is 20.3 Å². The summed E-state index contributed by atoms with van der Waals surface area (Å²) in [4.78, 5) is 24.2. The third kappa shape index (κ3) is 7.53. The summed E-state index contributed by atoms with van der Waals surface area (Å²) in [7, 11) is 0. The van der Waals surface area contributed by atoms with Gasteiger partial charge in [-0.25, -0.2) is 13.6 Å². The zero-order valence-corrected chi connectivity index (χ0v) is 23.1. The van der Waals surface area contributed by atoms with Crippen molar-refractivity contribution >= 4 is 28.5 Å². The first-order valence-corrected chi connectivity index (χ1v) is 13.6. The largest absolute Gasteiger partial charge is 0.388 e. The fourth-order valence-corrected chi connectivity index (χ4v) is 4.66. The van der Waals surface area contributed by atoms with Crippen molar-refractivity contribution in [3.8, 4) is 16.9 Å². The number of nitrogens with one attached hydrogen (secondary N) is 2. The summed E-state index contributed by atoms with van der Waals surface area (Å²) in [5.74, 6) is 0.0166. The van der Waals surface area contributed by atoms with Gasteiger partial charge in [-0.3, -0.25) is 9.56 Å². The smallest absolute Gasteiger partial charge is 0.354 e. The highest BCUT2D eigenvalue weighted by Gasteiger charge is 2.16. The van der Waals surface area contributed by atoms with Crippen LogP contribution in [-0.4, -0.2) is 46.2 Å². The topological polar surface area (TPSA) is 127 Å². The lowest BCUT2D eigenvalue weighted by atomic mass is 10.0. The Kier molecular flexibility index (Phi) is 10.0. The maximum Gasteiger partial charge on any atom is 0.354 e. The molecule has 40 heavy (non-hydrogen) atoms. The van der Waals surface area contributed by atoms with Crippen molar-refractivity contribution in [1.29, 1.82) is 0 Å². The van der Waals surface area contributed by atoms with E-state index in [0.717, 1.165) is 24.1 Å². The minimum absolute atomic E-state index is 0.0118. The van der Waals surface area contributed by atoms with Gasteiger partial charge >= 0.3 is 5.69 Å². The molecule has 0 bridgehead atoms. The van der Waals surface area contributed by atoms with Crippen molar-refractivity contribution in [2.24, 2.45) is 16.5 Å². The molecule has 0 aliphatic carbocycles. The van der Waals surface area contributed by atoms with E-state index in [1.165, 1.54) is 4.57 Å². The summed E-state index contributed by atoms with van der Waals surface area (Å²) in [6, 6.07) is 12.1. The zero-order valence-electron chi connectivity index (χ0n) is 22.4. The van der Waals surface area contributed by atoms with Crippen molar-refractivity contribution in [2.45, 2.75) is 45.2 Å². The summed E-state index contributed by atoms with van der Waals surface area (Å²) < 4.78 is 29.1. The number of aromatic nitrogens is 3. The van der Waals surface area contributed by atoms with Crippen LogP contribution in [0.15, 0.2) is 58.4 Å². The summed E-state index contributed by atoms with van der Waals surface area (Å²) in [5.41, 5.74) is 14.4. The van der Waals surface area contributed by atoms with Gasteiger partial charge in [-0.05, 0) is 80.6 Å². The van der Waals surface area contributed by atoms with E-state index in [1.54, 1.807) is 31.3 Å². The number of fused-ring (bicyclic) bond motifs is 1. The first kappa shape index (κ1) is 29.4. The predicted molar refractivity (Wildman–Crippen MR) is 157 cm³/mol. The maximum atomic E-state index is 15.0. The number of aryl methyl sites for hydroxylation is 1. The zero-order chi connectivity index (χ0) is 28.6. The van der Waals surface area contributed by atoms with Crippen LogP contribution in [0.25, 0.3) is 28.0 Å². The van der Waals surface area contributed by atoms with Gasteiger partial charge < -0.3 is 21.8 Å². The van der Waals surface area contributed by atoms with Gasteiger partial charge in [-0.15, -0.1) is 0 Å². The van der Waals surface area contributed by atoms with Crippen LogP contribution >= 0.6 is 11.6 Å². The van der Waals surface area contributed by atoms with E-state index < -0.39 is 24.2 Å². The number of benzene rings is 2. The molecule has 0 amide bonds. The van der Waals surface area contributed by atoms with E-state index in [9.17, 15) is 9.18 Å². The molecular formula is C29H34ClF2N7O. The van der Waals surface area contributed by atoms with Crippen LogP contribution in [-0.2, 0) is 13.0 Å². The molecule has 6 N–H and O–H groups in total. The molecule has 4 rings (SSSR count). The first-order valence-electron chi connectivity index (χ1n) is 13.2. The molecule has 0 fully saturated rings. The molecule has 8 nitrogen and oxygen atoms in total. The highest BCUT2D eigenvalue weighted by molar-refractivity contribution is 6.31. The van der Waals surface area contributed by atoms with Gasteiger partial charge in [0.15, 0.2) is 5.82 Å². The molecule has 4 aromatic rings. The molecule has 2 heterocycles. The van der Waals surface area contributed by atoms with Gasteiger partial charge in [-0.2, -0.15) is 4.98 Å². The van der Waals surface area contributed by atoms with Gasteiger partial charge in [0, 0.05) is 36.3 Å². The Morgan fingerprint density at radius 3 is 2.70 bits per heavy atom. The highest BCUT2D eigenvalue weighted by atomic mass is 35.5. The molecule has 0 saturated heterocycles. The second-order valence-corrected chi connectivity index (χ2v) is 10.3. The lowest BCUT2D eigenvalue weighted by Gasteiger charge is -2.09. The third-order valence-electron chi connectivity index (χ3n) is 6.54. The standard InChI is InChI=1S/C29H34ClF2N7O/c1-18(33)36-11-3-10-35-16-19-6-8-23(9-7-19)39-17-21-14-26(37-28(21)38-29(39)40)24-12-20(13-25(30)27(24)32)4-2-5-22(34)15-31/h6-9,12-14,17,22,35H,2-5,10-11,15-16,34H2,1H3,(H2,33,36)(H,37,38,40). The average molecular weight is 570 g/mol. The van der Waals surface area contributed by atoms with E-state index >= 15 is 4.39 Å². The monoisotopic (exact) mass is 569 g/mol. The van der Waals surface area contributed by atoms with Gasteiger partial charge in [0.25, 0.3) is 0 Å². The van der Waals surface area contributed by atoms with Crippen molar-refractivity contribution in [3.05, 3.63) is 81.1 Å². The van der Waals surface area contributed by atoms with Crippen molar-refractivity contribution in [2.75, 3.05) is 19.8 Å². The lowest BCUT2D eigenvalue weighted by Crippen LogP contribution is -2.21. The molecule has 0 aliphatic heterocycles. The van der Waals surface area contributed by atoms with Crippen LogP contribution < -0.4 is 22.5 Å². The van der Waals surface area contributed by atoms with E-state index in [1.807, 2.05) is 24.3 Å². The molecule has 0 saturated carbocycles. The Balaban J connectivity index is 1.50. The molecule has 11 heteroatoms. The predicted octanol–water partition coefficient (Wildman–Crippen LogP) is 4.65. The van der Waals surface area contributed by atoms with Gasteiger partial charge in [0.2, 0.25) is 0 Å². The fourth-order valence-electron chi connectivity index (χ4n) is 4.42. The Morgan fingerprint density at radius 1 is 1.20 bits per heavy atom. The molecular weight excluding hydrogens is 536 g/mol. The number of rotatable bonds is 13. The number of amidine groups is 1. The number of alkyl halides is 1. The third-order valence-corrected chi connectivity index (χ3v) is 6.82. The van der Waals surface area contributed by atoms with E-state index in [0.29, 0.717) is 60.6 Å². The molecule has 2 aromatic heterocycles. The minimum atomic E-state index is -0.577. The summed E-state index contributed by atoms with van der Waals surface area (Å²) in [6.07, 6.45) is 4.32. The van der Waals surface area contributed by atoms with Crippen LogP contribution in [0.3, 0.4) is 0 Å². The number of halogens is 3. The Bertz CT molecular complexity index is 1530. The number of H-pyrrole nitrogens is 1. The summed E-state index contributed by atoms with van der Waals surface area (Å²) in [6.45, 7) is 3.39. The molecule has 212 valence electrons. The molecule has 0 aliphatic rings. The summed E-state index contributed by atoms with van der Waals surface area (Å²) in [5, 5.41) is 4.00. The van der Waals surface area contributed by atoms with E-state index in [-0.39, 0.29) is 10.6 Å². The van der Waals surface area contributed by atoms with Crippen LogP contribution in [0.4, 0.5) is 8.78 Å². The minimum Gasteiger partial charge on any atom is -0.388 e. The molecule has 1 unspecified atom stereocenters. The quantitative estimate of drug-likeness (QED) is 0.106. The number of aliphatic imine (C=N–C) groups is 1. The number of nitrogens with two attached hydrogens (primary N) is 2. The van der Waals surface area contributed by atoms with Crippen LogP contribution in [0.2, 0.25) is 5.02 Å². The van der Waals surface area contributed by atoms with Gasteiger partial charge in [0.1, 0.15) is 12.3 Å². The SMILES string of the molecule is CC(N)=NCCCNCc1ccc(-n2cc3cc(-c4cc(CCCC(N)CF)cc(Cl)c4F)[nH]c3nc2=O)cc1. The number of nitrogens with zero attached hydrogens (tertiary/aromatic N) is 3. The van der Waals surface area contributed by atoms with Crippen LogP contribution in [0.1, 0.15) is 37.3 Å². The first-order chi connectivity index (χ1) is 19.2. The normalized spacial score (nSPS) is 12.8. The highest BCUT2D eigenvalue weighted by Crippen LogP contribution is 2.31. The van der Waals surface area contributed by atoms with E-state index in [4.69, 9.17) is 23.1 Å². The molecule has 2 aromatic carbocycles. The second kappa shape index (κ2) is 13.6. The van der Waals surface area contributed by atoms with Crippen LogP contribution in [0, 0.1) is 5.82 Å².